The monoisotopic (exact) mass is 438 g/mol. The number of amides is 1. The van der Waals surface area contributed by atoms with E-state index in [9.17, 15) is 23.1 Å². The van der Waals surface area contributed by atoms with Crippen LogP contribution in [0.3, 0.4) is 0 Å². The van der Waals surface area contributed by atoms with E-state index in [2.05, 4.69) is 10.3 Å². The minimum Gasteiger partial charge on any atom is -0.496 e. The fourth-order valence-corrected chi connectivity index (χ4v) is 2.90. The number of nitrogens with one attached hydrogen (secondary N) is 1. The minimum atomic E-state index is -4.49. The molecular formula is C22H25F3N2O4. The van der Waals surface area contributed by atoms with Gasteiger partial charge < -0.3 is 19.6 Å². The molecule has 0 saturated carbocycles. The zero-order chi connectivity index (χ0) is 23.3. The van der Waals surface area contributed by atoms with Crippen LogP contribution in [0.2, 0.25) is 0 Å². The number of nitrogens with zero attached hydrogens (tertiary/aromatic N) is 1. The molecular weight excluding hydrogens is 413 g/mol. The van der Waals surface area contributed by atoms with Gasteiger partial charge in [0.1, 0.15) is 11.5 Å². The molecule has 1 heterocycles. The Balaban J connectivity index is 2.54. The van der Waals surface area contributed by atoms with E-state index in [1.165, 1.54) is 27.0 Å². The number of aromatic nitrogens is 1. The van der Waals surface area contributed by atoms with Crippen molar-refractivity contribution in [1.82, 2.24) is 10.3 Å². The van der Waals surface area contributed by atoms with Crippen molar-refractivity contribution >= 4 is 12.0 Å². The molecule has 0 aliphatic carbocycles. The molecule has 2 rings (SSSR count). The van der Waals surface area contributed by atoms with Gasteiger partial charge in [-0.1, -0.05) is 12.2 Å². The lowest BCUT2D eigenvalue weighted by Crippen LogP contribution is -2.31. The molecule has 2 N–H and O–H groups in total. The van der Waals surface area contributed by atoms with Crippen LogP contribution in [0.1, 0.15) is 41.2 Å². The van der Waals surface area contributed by atoms with Gasteiger partial charge >= 0.3 is 6.18 Å². The third-order valence-electron chi connectivity index (χ3n) is 4.55. The number of carbonyl (C=O) groups excluding carboxylic acids is 1. The van der Waals surface area contributed by atoms with Gasteiger partial charge in [-0.15, -0.1) is 0 Å². The van der Waals surface area contributed by atoms with Crippen LogP contribution < -0.4 is 10.1 Å². The number of ether oxygens (including phenoxy) is 1. The second-order valence-electron chi connectivity index (χ2n) is 6.91. The van der Waals surface area contributed by atoms with Gasteiger partial charge in [-0.3, -0.25) is 4.79 Å². The number of halogens is 3. The van der Waals surface area contributed by atoms with Crippen molar-refractivity contribution in [2.45, 2.75) is 40.0 Å². The molecule has 1 unspecified atom stereocenters. The lowest BCUT2D eigenvalue weighted by molar-refractivity contribution is -0.0882. The van der Waals surface area contributed by atoms with Gasteiger partial charge in [-0.2, -0.15) is 13.2 Å². The molecule has 2 aromatic rings. The maximum atomic E-state index is 13.1. The van der Waals surface area contributed by atoms with Crippen LogP contribution in [0.15, 0.2) is 34.3 Å². The Morgan fingerprint density at radius 3 is 2.58 bits per heavy atom. The number of benzene rings is 1. The molecule has 9 heteroatoms. The number of aryl methyl sites for hydroxylation is 1. The average Bonchev–Trinajstić information content (AvgIpc) is 3.07. The van der Waals surface area contributed by atoms with Gasteiger partial charge in [-0.25, -0.2) is 4.98 Å². The maximum Gasteiger partial charge on any atom is 0.416 e. The molecule has 0 radical (unpaired) electrons. The second kappa shape index (κ2) is 9.82. The molecule has 1 atom stereocenters. The maximum absolute atomic E-state index is 13.1. The first-order chi connectivity index (χ1) is 14.5. The van der Waals surface area contributed by atoms with Gasteiger partial charge in [0.15, 0.2) is 5.69 Å². The quantitative estimate of drug-likeness (QED) is 0.618. The summed E-state index contributed by atoms with van der Waals surface area (Å²) in [4.78, 5) is 16.6. The van der Waals surface area contributed by atoms with E-state index < -0.39 is 23.8 Å². The molecule has 0 saturated heterocycles. The molecule has 1 amide bonds. The summed E-state index contributed by atoms with van der Waals surface area (Å²) in [6.45, 7) is 6.14. The van der Waals surface area contributed by atoms with E-state index in [1.54, 1.807) is 26.0 Å². The Morgan fingerprint density at radius 2 is 2.03 bits per heavy atom. The predicted molar refractivity (Wildman–Crippen MR) is 111 cm³/mol. The summed E-state index contributed by atoms with van der Waals surface area (Å²) in [5, 5.41) is 11.9. The first-order valence-corrected chi connectivity index (χ1v) is 9.52. The van der Waals surface area contributed by atoms with E-state index in [1.807, 2.05) is 0 Å². The fourth-order valence-electron chi connectivity index (χ4n) is 2.90. The van der Waals surface area contributed by atoms with Crippen molar-refractivity contribution in [3.8, 4) is 17.2 Å². The number of aliphatic hydroxyl groups is 1. The van der Waals surface area contributed by atoms with Gasteiger partial charge in [0.05, 0.1) is 18.8 Å². The molecule has 0 spiro atoms. The van der Waals surface area contributed by atoms with Crippen LogP contribution in [-0.2, 0) is 0 Å². The van der Waals surface area contributed by atoms with Crippen molar-refractivity contribution < 1.29 is 32.2 Å². The van der Waals surface area contributed by atoms with Gasteiger partial charge in [-0.05, 0) is 57.0 Å². The summed E-state index contributed by atoms with van der Waals surface area (Å²) in [5.74, 6) is 0.282. The summed E-state index contributed by atoms with van der Waals surface area (Å²) >= 11 is 0. The number of hydrogen-bond donors (Lipinski definition) is 2. The highest BCUT2D eigenvalue weighted by Gasteiger charge is 2.31. The molecule has 1 aromatic carbocycles. The first kappa shape index (κ1) is 24.2. The van der Waals surface area contributed by atoms with Crippen molar-refractivity contribution in [3.63, 3.8) is 0 Å². The van der Waals surface area contributed by atoms with Crippen LogP contribution in [0.4, 0.5) is 13.2 Å². The minimum absolute atomic E-state index is 0.0310. The number of methoxy groups -OCH3 is 1. The topological polar surface area (TPSA) is 84.6 Å². The van der Waals surface area contributed by atoms with Crippen LogP contribution in [0, 0.1) is 13.8 Å². The molecule has 1 aromatic heterocycles. The summed E-state index contributed by atoms with van der Waals surface area (Å²) in [7, 11) is 1.46. The molecule has 31 heavy (non-hydrogen) atoms. The van der Waals surface area contributed by atoms with Crippen molar-refractivity contribution in [2.24, 2.45) is 0 Å². The SMILES string of the molecule is C/C=C(/C=C\c1c(-c2nc(C(=O)NCC(C)O)c(C)o2)ccc(OC)c1C)C(F)(F)F. The van der Waals surface area contributed by atoms with Gasteiger partial charge in [0, 0.05) is 12.1 Å². The lowest BCUT2D eigenvalue weighted by atomic mass is 9.99. The number of oxazole rings is 1. The number of rotatable bonds is 7. The Morgan fingerprint density at radius 1 is 1.35 bits per heavy atom. The molecule has 0 bridgehead atoms. The van der Waals surface area contributed by atoms with Crippen LogP contribution >= 0.6 is 0 Å². The van der Waals surface area contributed by atoms with Crippen LogP contribution in [0.25, 0.3) is 17.5 Å². The highest BCUT2D eigenvalue weighted by molar-refractivity contribution is 5.94. The highest BCUT2D eigenvalue weighted by Crippen LogP contribution is 2.34. The van der Waals surface area contributed by atoms with Crippen molar-refractivity contribution in [3.05, 3.63) is 52.4 Å². The summed E-state index contributed by atoms with van der Waals surface area (Å²) in [6, 6.07) is 3.26. The normalized spacial score (nSPS) is 13.5. The molecule has 6 nitrogen and oxygen atoms in total. The van der Waals surface area contributed by atoms with Gasteiger partial charge in [0.2, 0.25) is 5.89 Å². The number of aliphatic hydroxyl groups excluding tert-OH is 1. The molecule has 0 fully saturated rings. The molecule has 0 aliphatic heterocycles. The predicted octanol–water partition coefficient (Wildman–Crippen LogP) is 4.60. The zero-order valence-electron chi connectivity index (χ0n) is 17.9. The van der Waals surface area contributed by atoms with Crippen LogP contribution in [-0.4, -0.2) is 41.9 Å². The number of allylic oxidation sites excluding steroid dienone is 3. The highest BCUT2D eigenvalue weighted by atomic mass is 19.4. The van der Waals surface area contributed by atoms with E-state index >= 15 is 0 Å². The Labute approximate surface area is 178 Å². The fraction of sp³-hybridized carbons (Fsp3) is 0.364. The second-order valence-corrected chi connectivity index (χ2v) is 6.91. The third-order valence-corrected chi connectivity index (χ3v) is 4.55. The smallest absolute Gasteiger partial charge is 0.416 e. The van der Waals surface area contributed by atoms with Crippen molar-refractivity contribution in [2.75, 3.05) is 13.7 Å². The summed E-state index contributed by atoms with van der Waals surface area (Å²) < 4.78 is 50.3. The van der Waals surface area contributed by atoms with Crippen molar-refractivity contribution in [1.29, 1.82) is 0 Å². The molecule has 168 valence electrons. The summed E-state index contributed by atoms with van der Waals surface area (Å²) in [6.07, 6.45) is -1.95. The first-order valence-electron chi connectivity index (χ1n) is 9.52. The number of carbonyl (C=O) groups is 1. The lowest BCUT2D eigenvalue weighted by Gasteiger charge is -2.12. The Bertz CT molecular complexity index is 1000. The number of alkyl halides is 3. The third kappa shape index (κ3) is 5.75. The number of hydrogen-bond acceptors (Lipinski definition) is 5. The largest absolute Gasteiger partial charge is 0.496 e. The molecule has 0 aliphatic rings. The van der Waals surface area contributed by atoms with E-state index in [4.69, 9.17) is 9.15 Å². The zero-order valence-corrected chi connectivity index (χ0v) is 17.9. The van der Waals surface area contributed by atoms with E-state index in [0.717, 1.165) is 12.2 Å². The summed E-state index contributed by atoms with van der Waals surface area (Å²) in [5.41, 5.74) is 0.640. The average molecular weight is 438 g/mol. The van der Waals surface area contributed by atoms with E-state index in [-0.39, 0.29) is 23.9 Å². The Kier molecular flexibility index (Phi) is 7.67. The van der Waals surface area contributed by atoms with Crippen LogP contribution in [0.5, 0.6) is 5.75 Å². The van der Waals surface area contributed by atoms with Gasteiger partial charge in [0.25, 0.3) is 5.91 Å². The van der Waals surface area contributed by atoms with E-state index in [0.29, 0.717) is 22.4 Å². The standard InChI is InChI=1S/C22H25F3N2O4/c1-6-15(22(23,24)25)7-8-16-13(3)18(30-5)10-9-17(16)21-27-19(14(4)31-21)20(29)26-11-12(2)28/h6-10,12,28H,11H2,1-5H3,(H,26,29)/b8-7-,15-6-. The Hall–Kier alpha value is -3.07.